The molecule has 0 aromatic heterocycles. The highest BCUT2D eigenvalue weighted by molar-refractivity contribution is 7.89. The molecule has 1 aromatic rings. The van der Waals surface area contributed by atoms with E-state index in [1.54, 1.807) is 27.0 Å². The Bertz CT molecular complexity index is 819. The molecule has 2 heterocycles. The fraction of sp³-hybridized carbons (Fsp3) is 0.611. The first-order valence-corrected chi connectivity index (χ1v) is 10.2. The summed E-state index contributed by atoms with van der Waals surface area (Å²) in [4.78, 5) is 12.9. The summed E-state index contributed by atoms with van der Waals surface area (Å²) in [7, 11) is -2.19. The summed E-state index contributed by atoms with van der Waals surface area (Å²) in [5.74, 6) is 0.529. The second-order valence-electron chi connectivity index (χ2n) is 7.05. The molecule has 1 N–H and O–H groups in total. The molecule has 2 fully saturated rings. The number of aryl methyl sites for hydroxylation is 1. The summed E-state index contributed by atoms with van der Waals surface area (Å²) in [5, 5.41) is 2.86. The number of hydrogen-bond acceptors (Lipinski definition) is 4. The Labute approximate surface area is 149 Å². The van der Waals surface area contributed by atoms with Gasteiger partial charge in [0.05, 0.1) is 12.0 Å². The van der Waals surface area contributed by atoms with Gasteiger partial charge in [-0.25, -0.2) is 8.42 Å². The van der Waals surface area contributed by atoms with Crippen molar-refractivity contribution in [2.75, 3.05) is 20.2 Å². The topological polar surface area (TPSA) is 75.7 Å². The lowest BCUT2D eigenvalue weighted by atomic mass is 9.88. The third kappa shape index (κ3) is 2.64. The Hall–Kier alpha value is -1.60. The van der Waals surface area contributed by atoms with E-state index in [0.717, 1.165) is 12.0 Å². The van der Waals surface area contributed by atoms with Crippen LogP contribution in [0.4, 0.5) is 0 Å². The van der Waals surface area contributed by atoms with Gasteiger partial charge in [-0.15, -0.1) is 0 Å². The van der Waals surface area contributed by atoms with Crippen LogP contribution in [0.25, 0.3) is 0 Å². The van der Waals surface area contributed by atoms with Crippen molar-refractivity contribution in [3.05, 3.63) is 22.8 Å². The third-order valence-corrected chi connectivity index (χ3v) is 7.91. The molecule has 1 spiro atoms. The number of amides is 1. The molecule has 1 amide bonds. The molecule has 0 aliphatic carbocycles. The second kappa shape index (κ2) is 6.29. The van der Waals surface area contributed by atoms with E-state index in [1.165, 1.54) is 4.31 Å². The predicted molar refractivity (Wildman–Crippen MR) is 95.3 cm³/mol. The molecule has 3 rings (SSSR count). The van der Waals surface area contributed by atoms with Crippen molar-refractivity contribution >= 4 is 15.9 Å². The molecule has 2 saturated heterocycles. The Morgan fingerprint density at radius 1 is 1.16 bits per heavy atom. The molecule has 2 aliphatic heterocycles. The Balaban J connectivity index is 2.14. The zero-order valence-electron chi connectivity index (χ0n) is 15.3. The molecule has 25 heavy (non-hydrogen) atoms. The maximum absolute atomic E-state index is 13.6. The number of rotatable bonds is 3. The van der Waals surface area contributed by atoms with E-state index in [-0.39, 0.29) is 5.91 Å². The zero-order chi connectivity index (χ0) is 18.4. The molecular formula is C18H26N2O4S. The van der Waals surface area contributed by atoms with Crippen LogP contribution in [0.5, 0.6) is 5.75 Å². The molecule has 138 valence electrons. The van der Waals surface area contributed by atoms with Gasteiger partial charge in [0.1, 0.15) is 11.3 Å². The first-order chi connectivity index (χ1) is 11.8. The predicted octanol–water partition coefficient (Wildman–Crippen LogP) is 2.05. The van der Waals surface area contributed by atoms with Crippen molar-refractivity contribution in [2.45, 2.75) is 56.9 Å². The van der Waals surface area contributed by atoms with Crippen molar-refractivity contribution in [1.29, 1.82) is 0 Å². The lowest BCUT2D eigenvalue weighted by Crippen LogP contribution is -2.60. The Morgan fingerprint density at radius 2 is 1.84 bits per heavy atom. The number of sulfonamides is 1. The van der Waals surface area contributed by atoms with Crippen molar-refractivity contribution in [3.8, 4) is 5.75 Å². The smallest absolute Gasteiger partial charge is 0.244 e. The fourth-order valence-electron chi connectivity index (χ4n) is 4.28. The molecule has 7 heteroatoms. The monoisotopic (exact) mass is 366 g/mol. The number of ether oxygens (including phenoxy) is 1. The van der Waals surface area contributed by atoms with Gasteiger partial charge in [-0.1, -0.05) is 0 Å². The number of nitrogens with one attached hydrogen (secondary N) is 1. The van der Waals surface area contributed by atoms with E-state index >= 15 is 0 Å². The van der Waals surface area contributed by atoms with Gasteiger partial charge >= 0.3 is 0 Å². The van der Waals surface area contributed by atoms with Gasteiger partial charge < -0.3 is 10.1 Å². The minimum absolute atomic E-state index is 0.152. The van der Waals surface area contributed by atoms with E-state index in [9.17, 15) is 13.2 Å². The molecule has 2 aliphatic rings. The number of hydrogen-bond donors (Lipinski definition) is 1. The van der Waals surface area contributed by atoms with Crippen molar-refractivity contribution in [3.63, 3.8) is 0 Å². The van der Waals surface area contributed by atoms with Gasteiger partial charge in [-0.05, 0) is 69.2 Å². The molecule has 6 nitrogen and oxygen atoms in total. The number of methoxy groups -OCH3 is 1. The molecule has 0 radical (unpaired) electrons. The first kappa shape index (κ1) is 18.2. The molecule has 1 aromatic carbocycles. The van der Waals surface area contributed by atoms with Crippen LogP contribution >= 0.6 is 0 Å². The standard InChI is InChI=1S/C18H26N2O4S/c1-12-11-15(24-4)13(2)14(3)16(12)25(22,23)20-10-6-8-18(20)7-5-9-19-17(18)21/h11H,5-10H2,1-4H3,(H,19,21). The fourth-order valence-corrected chi connectivity index (χ4v) is 6.60. The van der Waals surface area contributed by atoms with Gasteiger partial charge in [0.2, 0.25) is 15.9 Å². The van der Waals surface area contributed by atoms with Crippen molar-refractivity contribution in [2.24, 2.45) is 0 Å². The zero-order valence-corrected chi connectivity index (χ0v) is 16.1. The molecule has 0 bridgehead atoms. The lowest BCUT2D eigenvalue weighted by Gasteiger charge is -2.39. The molecule has 1 atom stereocenters. The number of carbonyl (C=O) groups is 1. The van der Waals surface area contributed by atoms with Gasteiger partial charge in [0.15, 0.2) is 0 Å². The molecule has 0 saturated carbocycles. The summed E-state index contributed by atoms with van der Waals surface area (Å²) in [5.41, 5.74) is 1.23. The van der Waals surface area contributed by atoms with Crippen LogP contribution in [-0.4, -0.2) is 44.4 Å². The van der Waals surface area contributed by atoms with Gasteiger partial charge in [-0.2, -0.15) is 4.31 Å². The van der Waals surface area contributed by atoms with Gasteiger partial charge in [0, 0.05) is 13.1 Å². The van der Waals surface area contributed by atoms with Crippen LogP contribution < -0.4 is 10.1 Å². The van der Waals surface area contributed by atoms with Crippen LogP contribution in [-0.2, 0) is 14.8 Å². The minimum Gasteiger partial charge on any atom is -0.496 e. The summed E-state index contributed by atoms with van der Waals surface area (Å²) < 4.78 is 33.9. The van der Waals surface area contributed by atoms with Crippen molar-refractivity contribution in [1.82, 2.24) is 9.62 Å². The molecular weight excluding hydrogens is 340 g/mol. The minimum atomic E-state index is -3.77. The van der Waals surface area contributed by atoms with E-state index < -0.39 is 15.6 Å². The second-order valence-corrected chi connectivity index (χ2v) is 8.85. The maximum Gasteiger partial charge on any atom is 0.244 e. The number of nitrogens with zero attached hydrogens (tertiary/aromatic N) is 1. The summed E-state index contributed by atoms with van der Waals surface area (Å²) in [6.07, 6.45) is 2.69. The third-order valence-electron chi connectivity index (χ3n) is 5.65. The SMILES string of the molecule is COc1cc(C)c(S(=O)(=O)N2CCCC23CCCNC3=O)c(C)c1C. The van der Waals surface area contributed by atoms with Gasteiger partial charge in [-0.3, -0.25) is 4.79 Å². The average Bonchev–Trinajstić information content (AvgIpc) is 2.99. The lowest BCUT2D eigenvalue weighted by molar-refractivity contribution is -0.131. The van der Waals surface area contributed by atoms with E-state index in [2.05, 4.69) is 5.32 Å². The number of benzene rings is 1. The number of carbonyl (C=O) groups excluding carboxylic acids is 1. The quantitative estimate of drug-likeness (QED) is 0.888. The number of piperidine rings is 1. The van der Waals surface area contributed by atoms with E-state index in [1.807, 2.05) is 6.92 Å². The highest BCUT2D eigenvalue weighted by Gasteiger charge is 2.54. The summed E-state index contributed by atoms with van der Waals surface area (Å²) in [6, 6.07) is 1.76. The largest absolute Gasteiger partial charge is 0.496 e. The van der Waals surface area contributed by atoms with Crippen LogP contribution in [0.1, 0.15) is 42.4 Å². The highest BCUT2D eigenvalue weighted by Crippen LogP contribution is 2.42. The van der Waals surface area contributed by atoms with Crippen LogP contribution in [0, 0.1) is 20.8 Å². The van der Waals surface area contributed by atoms with Crippen LogP contribution in [0.3, 0.4) is 0 Å². The molecule has 1 unspecified atom stereocenters. The average molecular weight is 366 g/mol. The summed E-state index contributed by atoms with van der Waals surface area (Å²) in [6.45, 7) is 6.46. The first-order valence-electron chi connectivity index (χ1n) is 8.71. The highest BCUT2D eigenvalue weighted by atomic mass is 32.2. The van der Waals surface area contributed by atoms with Crippen LogP contribution in [0.15, 0.2) is 11.0 Å². The van der Waals surface area contributed by atoms with Crippen LogP contribution in [0.2, 0.25) is 0 Å². The maximum atomic E-state index is 13.6. The van der Waals surface area contributed by atoms with Gasteiger partial charge in [0.25, 0.3) is 0 Å². The summed E-state index contributed by atoms with van der Waals surface area (Å²) >= 11 is 0. The van der Waals surface area contributed by atoms with E-state index in [0.29, 0.717) is 54.1 Å². The van der Waals surface area contributed by atoms with E-state index in [4.69, 9.17) is 4.74 Å². The Morgan fingerprint density at radius 3 is 2.48 bits per heavy atom. The Kier molecular flexibility index (Phi) is 4.58. The normalized spacial score (nSPS) is 24.6. The van der Waals surface area contributed by atoms with Crippen molar-refractivity contribution < 1.29 is 17.9 Å².